The van der Waals surface area contributed by atoms with E-state index < -0.39 is 4.92 Å². The molecule has 0 aromatic heterocycles. The summed E-state index contributed by atoms with van der Waals surface area (Å²) < 4.78 is 0. The lowest BCUT2D eigenvalue weighted by Crippen LogP contribution is -2.19. The number of carbonyl (C=O) groups excluding carboxylic acids is 1. The second-order valence-electron chi connectivity index (χ2n) is 4.76. The van der Waals surface area contributed by atoms with E-state index in [1.165, 1.54) is 30.1 Å². The Morgan fingerprint density at radius 2 is 2.04 bits per heavy atom. The molecule has 0 heterocycles. The van der Waals surface area contributed by atoms with Crippen LogP contribution < -0.4 is 5.43 Å². The minimum absolute atomic E-state index is 0.0243. The quantitative estimate of drug-likeness (QED) is 0.462. The molecule has 1 N–H and O–H groups in total. The van der Waals surface area contributed by atoms with Crippen molar-refractivity contribution in [1.82, 2.24) is 5.43 Å². The number of nitrogens with one attached hydrogen (secondary N) is 1. The van der Waals surface area contributed by atoms with Gasteiger partial charge in [0.1, 0.15) is 0 Å². The fourth-order valence-corrected chi connectivity index (χ4v) is 2.68. The highest BCUT2D eigenvalue weighted by atomic mass is 35.5. The second kappa shape index (κ2) is 9.05. The molecule has 0 saturated carbocycles. The van der Waals surface area contributed by atoms with E-state index in [4.69, 9.17) is 11.6 Å². The third-order valence-corrected chi connectivity index (χ3v) is 4.15. The van der Waals surface area contributed by atoms with Gasteiger partial charge >= 0.3 is 0 Å². The van der Waals surface area contributed by atoms with E-state index in [0.717, 1.165) is 5.56 Å². The first-order chi connectivity index (χ1) is 11.5. The summed E-state index contributed by atoms with van der Waals surface area (Å²) >= 11 is 7.26. The number of halogens is 1. The van der Waals surface area contributed by atoms with Crippen molar-refractivity contribution >= 4 is 41.2 Å². The maximum Gasteiger partial charge on any atom is 0.270 e. The first-order valence-corrected chi connectivity index (χ1v) is 8.46. The zero-order valence-corrected chi connectivity index (χ0v) is 14.1. The van der Waals surface area contributed by atoms with E-state index in [1.54, 1.807) is 24.3 Å². The predicted octanol–water partition coefficient (Wildman–Crippen LogP) is 3.63. The van der Waals surface area contributed by atoms with Crippen molar-refractivity contribution in [3.8, 4) is 0 Å². The molecule has 24 heavy (non-hydrogen) atoms. The van der Waals surface area contributed by atoms with Crippen molar-refractivity contribution in [3.05, 3.63) is 74.8 Å². The summed E-state index contributed by atoms with van der Waals surface area (Å²) in [5.74, 6) is 0.712. The molecule has 0 unspecified atom stereocenters. The van der Waals surface area contributed by atoms with Crippen LogP contribution in [0.3, 0.4) is 0 Å². The van der Waals surface area contributed by atoms with Gasteiger partial charge in [0.15, 0.2) is 0 Å². The molecule has 0 fully saturated rings. The largest absolute Gasteiger partial charge is 0.272 e. The molecule has 0 spiro atoms. The summed E-state index contributed by atoms with van der Waals surface area (Å²) in [6.07, 6.45) is 1.37. The Hall–Kier alpha value is -2.38. The Bertz CT molecular complexity index is 750. The Morgan fingerprint density at radius 3 is 2.75 bits per heavy atom. The molecule has 6 nitrogen and oxygen atoms in total. The van der Waals surface area contributed by atoms with Crippen LogP contribution >= 0.6 is 23.4 Å². The zero-order chi connectivity index (χ0) is 17.4. The standard InChI is InChI=1S/C16H14ClN3O3S/c17-14-6-4-12(5-7-14)10-24-11-16(21)19-18-9-13-2-1-3-15(8-13)20(22)23/h1-9H,10-11H2,(H,19,21)/b18-9+. The first kappa shape index (κ1) is 18.0. The highest BCUT2D eigenvalue weighted by Crippen LogP contribution is 2.15. The molecule has 8 heteroatoms. The van der Waals surface area contributed by atoms with Crippen LogP contribution in [0.1, 0.15) is 11.1 Å². The van der Waals surface area contributed by atoms with Crippen molar-refractivity contribution in [1.29, 1.82) is 0 Å². The number of carbonyl (C=O) groups is 1. The summed E-state index contributed by atoms with van der Waals surface area (Å²) in [6, 6.07) is 13.4. The third-order valence-electron chi connectivity index (χ3n) is 2.90. The molecule has 0 aliphatic carbocycles. The maximum atomic E-state index is 11.7. The molecule has 0 radical (unpaired) electrons. The van der Waals surface area contributed by atoms with Crippen LogP contribution in [0.2, 0.25) is 5.02 Å². The van der Waals surface area contributed by atoms with Gasteiger partial charge in [-0.25, -0.2) is 5.43 Å². The molecule has 0 aliphatic rings. The third kappa shape index (κ3) is 6.02. The smallest absolute Gasteiger partial charge is 0.270 e. The van der Waals surface area contributed by atoms with Gasteiger partial charge < -0.3 is 0 Å². The van der Waals surface area contributed by atoms with Crippen molar-refractivity contribution < 1.29 is 9.72 Å². The van der Waals surface area contributed by atoms with Gasteiger partial charge in [0, 0.05) is 28.5 Å². The van der Waals surface area contributed by atoms with E-state index in [1.807, 2.05) is 12.1 Å². The van der Waals surface area contributed by atoms with Gasteiger partial charge in [0.05, 0.1) is 16.9 Å². The molecular formula is C16H14ClN3O3S. The lowest BCUT2D eigenvalue weighted by atomic mass is 10.2. The van der Waals surface area contributed by atoms with E-state index in [-0.39, 0.29) is 17.3 Å². The van der Waals surface area contributed by atoms with Crippen LogP contribution in [0.4, 0.5) is 5.69 Å². The molecule has 2 rings (SSSR count). The number of nitro benzene ring substituents is 1. The van der Waals surface area contributed by atoms with Gasteiger partial charge in [0.2, 0.25) is 5.91 Å². The Balaban J connectivity index is 1.75. The molecule has 0 aliphatic heterocycles. The maximum absolute atomic E-state index is 11.7. The van der Waals surface area contributed by atoms with Crippen molar-refractivity contribution in [2.75, 3.05) is 5.75 Å². The fourth-order valence-electron chi connectivity index (χ4n) is 1.77. The lowest BCUT2D eigenvalue weighted by Gasteiger charge is -2.01. The van der Waals surface area contributed by atoms with Gasteiger partial charge in [-0.3, -0.25) is 14.9 Å². The van der Waals surface area contributed by atoms with Crippen LogP contribution in [0.5, 0.6) is 0 Å². The number of hydrogen-bond donors (Lipinski definition) is 1. The number of amides is 1. The number of thioether (sulfide) groups is 1. The van der Waals surface area contributed by atoms with Crippen molar-refractivity contribution in [3.63, 3.8) is 0 Å². The van der Waals surface area contributed by atoms with E-state index in [2.05, 4.69) is 10.5 Å². The van der Waals surface area contributed by atoms with Gasteiger partial charge in [-0.15, -0.1) is 11.8 Å². The number of rotatable bonds is 7. The van der Waals surface area contributed by atoms with Gasteiger partial charge in [-0.2, -0.15) is 5.10 Å². The van der Waals surface area contributed by atoms with Gasteiger partial charge in [-0.1, -0.05) is 35.9 Å². The summed E-state index contributed by atoms with van der Waals surface area (Å²) in [5.41, 5.74) is 3.99. The molecule has 0 saturated heterocycles. The number of non-ortho nitro benzene ring substituents is 1. The highest BCUT2D eigenvalue weighted by molar-refractivity contribution is 7.99. The minimum atomic E-state index is -0.483. The monoisotopic (exact) mass is 363 g/mol. The van der Waals surface area contributed by atoms with Crippen LogP contribution in [-0.2, 0) is 10.5 Å². The summed E-state index contributed by atoms with van der Waals surface area (Å²) in [6.45, 7) is 0. The van der Waals surface area contributed by atoms with Crippen molar-refractivity contribution in [2.24, 2.45) is 5.10 Å². The number of hydrogen-bond acceptors (Lipinski definition) is 5. The van der Waals surface area contributed by atoms with Crippen LogP contribution in [0.25, 0.3) is 0 Å². The van der Waals surface area contributed by atoms with Crippen LogP contribution in [0.15, 0.2) is 53.6 Å². The number of benzene rings is 2. The lowest BCUT2D eigenvalue weighted by molar-refractivity contribution is -0.384. The second-order valence-corrected chi connectivity index (χ2v) is 6.19. The Labute approximate surface area is 148 Å². The number of nitro groups is 1. The molecule has 0 bridgehead atoms. The molecule has 2 aromatic rings. The highest BCUT2D eigenvalue weighted by Gasteiger charge is 2.04. The average molecular weight is 364 g/mol. The molecule has 0 atom stereocenters. The van der Waals surface area contributed by atoms with E-state index in [0.29, 0.717) is 16.3 Å². The number of hydrazone groups is 1. The fraction of sp³-hybridized carbons (Fsp3) is 0.125. The summed E-state index contributed by atoms with van der Waals surface area (Å²) in [7, 11) is 0. The predicted molar refractivity (Wildman–Crippen MR) is 96.4 cm³/mol. The summed E-state index contributed by atoms with van der Waals surface area (Å²) in [5, 5.41) is 15.1. The Kier molecular flexibility index (Phi) is 6.77. The average Bonchev–Trinajstić information content (AvgIpc) is 2.57. The summed E-state index contributed by atoms with van der Waals surface area (Å²) in [4.78, 5) is 21.9. The molecule has 1 amide bonds. The Morgan fingerprint density at radius 1 is 1.29 bits per heavy atom. The van der Waals surface area contributed by atoms with Gasteiger partial charge in [-0.05, 0) is 17.7 Å². The van der Waals surface area contributed by atoms with E-state index >= 15 is 0 Å². The normalized spacial score (nSPS) is 10.7. The topological polar surface area (TPSA) is 84.6 Å². The van der Waals surface area contributed by atoms with Gasteiger partial charge in [0.25, 0.3) is 5.69 Å². The number of nitrogens with zero attached hydrogens (tertiary/aromatic N) is 2. The first-order valence-electron chi connectivity index (χ1n) is 6.93. The molecule has 2 aromatic carbocycles. The molecule has 124 valence electrons. The SMILES string of the molecule is O=C(CSCc1ccc(Cl)cc1)N/N=C/c1cccc([N+](=O)[O-])c1. The van der Waals surface area contributed by atoms with Crippen LogP contribution in [-0.4, -0.2) is 22.8 Å². The minimum Gasteiger partial charge on any atom is -0.272 e. The zero-order valence-electron chi connectivity index (χ0n) is 12.5. The van der Waals surface area contributed by atoms with Crippen molar-refractivity contribution in [2.45, 2.75) is 5.75 Å². The van der Waals surface area contributed by atoms with E-state index in [9.17, 15) is 14.9 Å². The molecular weight excluding hydrogens is 350 g/mol. The van der Waals surface area contributed by atoms with Crippen LogP contribution in [0, 0.1) is 10.1 Å².